The van der Waals surface area contributed by atoms with Crippen LogP contribution in [-0.2, 0) is 4.79 Å². The van der Waals surface area contributed by atoms with Crippen molar-refractivity contribution < 1.29 is 15.0 Å². The van der Waals surface area contributed by atoms with Crippen LogP contribution in [0.3, 0.4) is 0 Å². The van der Waals surface area contributed by atoms with Gasteiger partial charge in [-0.15, -0.1) is 10.2 Å². The number of aromatic hydroxyl groups is 2. The van der Waals surface area contributed by atoms with Crippen LogP contribution in [-0.4, -0.2) is 16.1 Å². The molecule has 1 saturated carbocycles. The molecular weight excluding hydrogens is 280 g/mol. The Morgan fingerprint density at radius 2 is 1.73 bits per heavy atom. The Morgan fingerprint density at radius 1 is 1.05 bits per heavy atom. The number of nitrogens with zero attached hydrogens (tertiary/aromatic N) is 2. The number of benzene rings is 2. The highest BCUT2D eigenvalue weighted by atomic mass is 16.3. The van der Waals surface area contributed by atoms with Crippen LogP contribution in [0.15, 0.2) is 40.6 Å². The Labute approximate surface area is 128 Å². The van der Waals surface area contributed by atoms with Crippen LogP contribution in [0, 0.1) is 5.92 Å². The number of azo groups is 1. The van der Waals surface area contributed by atoms with Crippen LogP contribution < -0.4 is 0 Å². The van der Waals surface area contributed by atoms with Crippen molar-refractivity contribution >= 4 is 22.4 Å². The summed E-state index contributed by atoms with van der Waals surface area (Å²) in [6, 6.07) is 8.26. The predicted octanol–water partition coefficient (Wildman–Crippen LogP) is 4.44. The van der Waals surface area contributed by atoms with Gasteiger partial charge in [-0.25, -0.2) is 0 Å². The minimum absolute atomic E-state index is 0.00691. The molecule has 0 heterocycles. The van der Waals surface area contributed by atoms with Crippen molar-refractivity contribution in [2.75, 3.05) is 0 Å². The van der Waals surface area contributed by atoms with Gasteiger partial charge in [0, 0.05) is 22.8 Å². The SMILES string of the molecule is O=C(N=Nc1cc(O)c2ccccc2c1O)C1CCCCC1. The molecule has 0 radical (unpaired) electrons. The van der Waals surface area contributed by atoms with Crippen molar-refractivity contribution in [2.45, 2.75) is 32.1 Å². The molecule has 0 saturated heterocycles. The Kier molecular flexibility index (Phi) is 4.04. The fourth-order valence-corrected chi connectivity index (χ4v) is 2.94. The molecule has 1 fully saturated rings. The van der Waals surface area contributed by atoms with Crippen LogP contribution in [0.25, 0.3) is 10.8 Å². The van der Waals surface area contributed by atoms with Crippen LogP contribution in [0.1, 0.15) is 32.1 Å². The standard InChI is InChI=1S/C17H18N2O3/c20-15-10-14(16(21)13-9-5-4-8-12(13)15)18-19-17(22)11-6-2-1-3-7-11/h4-5,8-11,20-21H,1-3,6-7H2. The number of rotatable bonds is 2. The zero-order valence-electron chi connectivity index (χ0n) is 12.2. The second-order valence-corrected chi connectivity index (χ2v) is 5.68. The fraction of sp³-hybridized carbons (Fsp3) is 0.353. The minimum atomic E-state index is -0.244. The summed E-state index contributed by atoms with van der Waals surface area (Å²) < 4.78 is 0. The molecule has 0 atom stereocenters. The number of carbonyl (C=O) groups is 1. The summed E-state index contributed by atoms with van der Waals surface area (Å²) in [5, 5.41) is 28.8. The molecule has 0 spiro atoms. The summed E-state index contributed by atoms with van der Waals surface area (Å²) in [5.41, 5.74) is 0.111. The van der Waals surface area contributed by atoms with E-state index in [0.29, 0.717) is 10.8 Å². The molecular formula is C17H18N2O3. The minimum Gasteiger partial charge on any atom is -0.507 e. The number of hydrogen-bond donors (Lipinski definition) is 2. The van der Waals surface area contributed by atoms with E-state index in [0.717, 1.165) is 25.7 Å². The molecule has 1 aliphatic carbocycles. The number of fused-ring (bicyclic) bond motifs is 1. The lowest BCUT2D eigenvalue weighted by Gasteiger charge is -2.17. The maximum absolute atomic E-state index is 12.0. The van der Waals surface area contributed by atoms with E-state index in [4.69, 9.17) is 0 Å². The zero-order chi connectivity index (χ0) is 15.5. The van der Waals surface area contributed by atoms with E-state index in [9.17, 15) is 15.0 Å². The molecule has 0 aliphatic heterocycles. The summed E-state index contributed by atoms with van der Waals surface area (Å²) in [6.07, 6.45) is 4.97. The smallest absolute Gasteiger partial charge is 0.267 e. The van der Waals surface area contributed by atoms with Gasteiger partial charge in [-0.1, -0.05) is 43.5 Å². The number of hydrogen-bond acceptors (Lipinski definition) is 4. The molecule has 0 unspecified atom stereocenters. The maximum Gasteiger partial charge on any atom is 0.267 e. The normalized spacial score (nSPS) is 16.4. The Morgan fingerprint density at radius 3 is 2.45 bits per heavy atom. The second kappa shape index (κ2) is 6.13. The molecule has 5 nitrogen and oxygen atoms in total. The van der Waals surface area contributed by atoms with E-state index in [1.165, 1.54) is 12.5 Å². The van der Waals surface area contributed by atoms with Gasteiger partial charge in [-0.05, 0) is 12.8 Å². The van der Waals surface area contributed by atoms with E-state index in [1.807, 2.05) is 0 Å². The molecule has 2 aromatic rings. The van der Waals surface area contributed by atoms with Gasteiger partial charge in [0.05, 0.1) is 0 Å². The Balaban J connectivity index is 1.88. The molecule has 3 rings (SSSR count). The summed E-state index contributed by atoms with van der Waals surface area (Å²) in [5.74, 6) is -0.374. The Hall–Kier alpha value is -2.43. The van der Waals surface area contributed by atoms with Gasteiger partial charge in [0.15, 0.2) is 5.75 Å². The number of phenols is 2. The van der Waals surface area contributed by atoms with E-state index in [2.05, 4.69) is 10.2 Å². The third-order valence-electron chi connectivity index (χ3n) is 4.18. The monoisotopic (exact) mass is 298 g/mol. The molecule has 114 valence electrons. The molecule has 22 heavy (non-hydrogen) atoms. The van der Waals surface area contributed by atoms with Gasteiger partial charge in [0.25, 0.3) is 5.91 Å². The zero-order valence-corrected chi connectivity index (χ0v) is 12.2. The Bertz CT molecular complexity index is 734. The van der Waals surface area contributed by atoms with E-state index in [-0.39, 0.29) is 29.0 Å². The van der Waals surface area contributed by atoms with Crippen molar-refractivity contribution in [1.82, 2.24) is 0 Å². The number of phenolic OH excluding ortho intramolecular Hbond substituents is 2. The van der Waals surface area contributed by atoms with Crippen LogP contribution >= 0.6 is 0 Å². The summed E-state index contributed by atoms with van der Waals surface area (Å²) in [4.78, 5) is 12.0. The molecule has 0 aromatic heterocycles. The van der Waals surface area contributed by atoms with Crippen molar-refractivity contribution in [3.8, 4) is 11.5 Å². The van der Waals surface area contributed by atoms with Crippen molar-refractivity contribution in [3.63, 3.8) is 0 Å². The maximum atomic E-state index is 12.0. The number of carbonyl (C=O) groups excluding carboxylic acids is 1. The van der Waals surface area contributed by atoms with Crippen LogP contribution in [0.2, 0.25) is 0 Å². The third kappa shape index (κ3) is 2.79. The average Bonchev–Trinajstić information content (AvgIpc) is 2.57. The fourth-order valence-electron chi connectivity index (χ4n) is 2.94. The highest BCUT2D eigenvalue weighted by Crippen LogP contribution is 2.40. The van der Waals surface area contributed by atoms with E-state index < -0.39 is 0 Å². The molecule has 2 aromatic carbocycles. The van der Waals surface area contributed by atoms with Crippen LogP contribution in [0.5, 0.6) is 11.5 Å². The van der Waals surface area contributed by atoms with Crippen molar-refractivity contribution in [1.29, 1.82) is 0 Å². The van der Waals surface area contributed by atoms with Crippen molar-refractivity contribution in [3.05, 3.63) is 30.3 Å². The summed E-state index contributed by atoms with van der Waals surface area (Å²) in [7, 11) is 0. The van der Waals surface area contributed by atoms with Crippen LogP contribution in [0.4, 0.5) is 5.69 Å². The first-order valence-electron chi connectivity index (χ1n) is 7.56. The van der Waals surface area contributed by atoms with Gasteiger partial charge in [-0.3, -0.25) is 4.79 Å². The van der Waals surface area contributed by atoms with E-state index >= 15 is 0 Å². The molecule has 1 amide bonds. The van der Waals surface area contributed by atoms with E-state index in [1.54, 1.807) is 24.3 Å². The first kappa shape index (κ1) is 14.5. The highest BCUT2D eigenvalue weighted by Gasteiger charge is 2.21. The number of amides is 1. The molecule has 2 N–H and O–H groups in total. The third-order valence-corrected chi connectivity index (χ3v) is 4.18. The van der Waals surface area contributed by atoms with Gasteiger partial charge >= 0.3 is 0 Å². The largest absolute Gasteiger partial charge is 0.507 e. The predicted molar refractivity (Wildman–Crippen MR) is 83.4 cm³/mol. The van der Waals surface area contributed by atoms with Gasteiger partial charge < -0.3 is 10.2 Å². The average molecular weight is 298 g/mol. The summed E-state index contributed by atoms with van der Waals surface area (Å²) in [6.45, 7) is 0. The van der Waals surface area contributed by atoms with Gasteiger partial charge in [-0.2, -0.15) is 0 Å². The lowest BCUT2D eigenvalue weighted by molar-refractivity contribution is -0.122. The van der Waals surface area contributed by atoms with Gasteiger partial charge in [0.2, 0.25) is 0 Å². The lowest BCUT2D eigenvalue weighted by atomic mass is 9.89. The first-order chi connectivity index (χ1) is 10.7. The topological polar surface area (TPSA) is 82.2 Å². The molecule has 1 aliphatic rings. The highest BCUT2D eigenvalue weighted by molar-refractivity contribution is 5.96. The second-order valence-electron chi connectivity index (χ2n) is 5.68. The first-order valence-corrected chi connectivity index (χ1v) is 7.56. The summed E-state index contributed by atoms with van der Waals surface area (Å²) >= 11 is 0. The van der Waals surface area contributed by atoms with Crippen molar-refractivity contribution in [2.24, 2.45) is 16.1 Å². The molecule has 0 bridgehead atoms. The quantitative estimate of drug-likeness (QED) is 0.635. The van der Waals surface area contributed by atoms with Gasteiger partial charge in [0.1, 0.15) is 11.4 Å². The molecule has 5 heteroatoms. The lowest BCUT2D eigenvalue weighted by Crippen LogP contribution is -2.15.